The van der Waals surface area contributed by atoms with Gasteiger partial charge in [0.1, 0.15) is 5.69 Å². The molecule has 0 fully saturated rings. The Bertz CT molecular complexity index is 363. The minimum atomic E-state index is -2.14. The van der Waals surface area contributed by atoms with Gasteiger partial charge in [0.05, 0.1) is 0 Å². The van der Waals surface area contributed by atoms with Gasteiger partial charge in [0, 0.05) is 17.5 Å². The molecule has 0 aliphatic carbocycles. The van der Waals surface area contributed by atoms with Crippen LogP contribution in [0.4, 0.5) is 0 Å². The maximum absolute atomic E-state index is 11.0. The monoisotopic (exact) mass is 210 g/mol. The zero-order chi connectivity index (χ0) is 11.5. The fourth-order valence-corrected chi connectivity index (χ4v) is 1.35. The molecular weight excluding hydrogens is 200 g/mol. The highest BCUT2D eigenvalue weighted by Crippen LogP contribution is 2.27. The zero-order valence-electron chi connectivity index (χ0n) is 8.08. The van der Waals surface area contributed by atoms with Crippen LogP contribution in [-0.2, 0) is 10.3 Å². The summed E-state index contributed by atoms with van der Waals surface area (Å²) in [4.78, 5) is 24.8. The number of nitrogens with zero attached hydrogens (tertiary/aromatic N) is 2. The van der Waals surface area contributed by atoms with E-state index < -0.39 is 16.4 Å². The zero-order valence-corrected chi connectivity index (χ0v) is 8.08. The fraction of sp³-hybridized carbons (Fsp3) is 0.333. The molecule has 1 unspecified atom stereocenters. The van der Waals surface area contributed by atoms with Crippen LogP contribution in [0.15, 0.2) is 24.4 Å². The van der Waals surface area contributed by atoms with Crippen LogP contribution in [0.5, 0.6) is 0 Å². The Morgan fingerprint density at radius 2 is 2.33 bits per heavy atom. The van der Waals surface area contributed by atoms with Crippen LogP contribution in [0.25, 0.3) is 0 Å². The van der Waals surface area contributed by atoms with Crippen LogP contribution in [0, 0.1) is 10.1 Å². The third-order valence-corrected chi connectivity index (χ3v) is 2.27. The van der Waals surface area contributed by atoms with Crippen molar-refractivity contribution in [1.82, 2.24) is 4.98 Å². The molecule has 0 spiro atoms. The molecule has 80 valence electrons. The molecule has 6 heteroatoms. The SMILES string of the molecule is CCC(C(=O)O)(c1ccccn1)[N+](=O)[O-]. The number of aromatic nitrogens is 1. The molecule has 0 saturated heterocycles. The first-order chi connectivity index (χ1) is 7.05. The van der Waals surface area contributed by atoms with Crippen molar-refractivity contribution < 1.29 is 14.8 Å². The van der Waals surface area contributed by atoms with E-state index in [0.717, 1.165) is 0 Å². The maximum Gasteiger partial charge on any atom is 0.389 e. The van der Waals surface area contributed by atoms with Crippen LogP contribution in [0.1, 0.15) is 19.0 Å². The van der Waals surface area contributed by atoms with Gasteiger partial charge >= 0.3 is 11.5 Å². The third-order valence-electron chi connectivity index (χ3n) is 2.27. The summed E-state index contributed by atoms with van der Waals surface area (Å²) in [5.74, 6) is -1.49. The molecule has 1 atom stereocenters. The number of rotatable bonds is 4. The lowest BCUT2D eigenvalue weighted by Crippen LogP contribution is -2.43. The summed E-state index contributed by atoms with van der Waals surface area (Å²) in [6.07, 6.45) is 1.19. The molecule has 0 aliphatic rings. The molecule has 0 bridgehead atoms. The van der Waals surface area contributed by atoms with Crippen molar-refractivity contribution in [2.24, 2.45) is 0 Å². The first-order valence-corrected chi connectivity index (χ1v) is 4.35. The lowest BCUT2D eigenvalue weighted by molar-refractivity contribution is -0.565. The highest BCUT2D eigenvalue weighted by Gasteiger charge is 2.52. The van der Waals surface area contributed by atoms with Crippen molar-refractivity contribution in [3.8, 4) is 0 Å². The maximum atomic E-state index is 11.0. The Morgan fingerprint density at radius 3 is 2.67 bits per heavy atom. The fourth-order valence-electron chi connectivity index (χ4n) is 1.35. The quantitative estimate of drug-likeness (QED) is 0.592. The van der Waals surface area contributed by atoms with Crippen LogP contribution in [0.3, 0.4) is 0 Å². The molecule has 0 radical (unpaired) electrons. The second kappa shape index (κ2) is 4.04. The van der Waals surface area contributed by atoms with Crippen molar-refractivity contribution in [2.45, 2.75) is 18.9 Å². The van der Waals surface area contributed by atoms with Gasteiger partial charge in [0.15, 0.2) is 0 Å². The second-order valence-corrected chi connectivity index (χ2v) is 2.99. The molecular formula is C9H10N2O4. The van der Waals surface area contributed by atoms with Crippen LogP contribution in [-0.4, -0.2) is 21.0 Å². The first-order valence-electron chi connectivity index (χ1n) is 4.35. The van der Waals surface area contributed by atoms with Crippen LogP contribution >= 0.6 is 0 Å². The topological polar surface area (TPSA) is 93.3 Å². The van der Waals surface area contributed by atoms with E-state index in [9.17, 15) is 14.9 Å². The number of carbonyl (C=O) groups is 1. The van der Waals surface area contributed by atoms with Crippen molar-refractivity contribution in [1.29, 1.82) is 0 Å². The predicted octanol–water partition coefficient (Wildman–Crippen LogP) is 1.05. The summed E-state index contributed by atoms with van der Waals surface area (Å²) in [6.45, 7) is 1.45. The van der Waals surface area contributed by atoms with Gasteiger partial charge in [-0.1, -0.05) is 13.0 Å². The summed E-state index contributed by atoms with van der Waals surface area (Å²) in [5, 5.41) is 19.8. The molecule has 6 nitrogen and oxygen atoms in total. The molecule has 1 rings (SSSR count). The van der Waals surface area contributed by atoms with Crippen molar-refractivity contribution >= 4 is 5.97 Å². The summed E-state index contributed by atoms with van der Waals surface area (Å²) < 4.78 is 0. The lowest BCUT2D eigenvalue weighted by atomic mass is 9.92. The molecule has 0 amide bonds. The molecule has 0 aliphatic heterocycles. The van der Waals surface area contributed by atoms with Gasteiger partial charge in [0.2, 0.25) is 0 Å². The van der Waals surface area contributed by atoms with Gasteiger partial charge in [-0.3, -0.25) is 15.1 Å². The molecule has 1 heterocycles. The van der Waals surface area contributed by atoms with Crippen molar-refractivity contribution in [2.75, 3.05) is 0 Å². The number of carboxylic acid groups (broad SMARTS) is 1. The molecule has 1 N–H and O–H groups in total. The summed E-state index contributed by atoms with van der Waals surface area (Å²) in [6, 6.07) is 4.45. The van der Waals surface area contributed by atoms with E-state index >= 15 is 0 Å². The van der Waals surface area contributed by atoms with Gasteiger partial charge in [-0.2, -0.15) is 0 Å². The largest absolute Gasteiger partial charge is 0.476 e. The highest BCUT2D eigenvalue weighted by molar-refractivity contribution is 5.78. The number of pyridine rings is 1. The minimum Gasteiger partial charge on any atom is -0.476 e. The normalized spacial score (nSPS) is 14.2. The number of hydrogen-bond acceptors (Lipinski definition) is 4. The molecule has 0 aromatic carbocycles. The molecule has 0 saturated carbocycles. The van der Waals surface area contributed by atoms with Crippen LogP contribution < -0.4 is 0 Å². The predicted molar refractivity (Wildman–Crippen MR) is 50.8 cm³/mol. The lowest BCUT2D eigenvalue weighted by Gasteiger charge is -2.18. The standard InChI is InChI=1S/C9H10N2O4/c1-2-9(8(12)13,11(14)15)7-5-3-4-6-10-7/h3-6H,2H2,1H3,(H,12,13). The van der Waals surface area contributed by atoms with E-state index in [0.29, 0.717) is 0 Å². The number of carboxylic acids is 1. The van der Waals surface area contributed by atoms with E-state index in [2.05, 4.69) is 4.98 Å². The smallest absolute Gasteiger partial charge is 0.389 e. The second-order valence-electron chi connectivity index (χ2n) is 2.99. The Hall–Kier alpha value is -1.98. The van der Waals surface area contributed by atoms with Gasteiger partial charge < -0.3 is 5.11 Å². The number of hydrogen-bond donors (Lipinski definition) is 1. The van der Waals surface area contributed by atoms with Gasteiger partial charge in [-0.25, -0.2) is 4.79 Å². The van der Waals surface area contributed by atoms with Crippen molar-refractivity contribution in [3.05, 3.63) is 40.2 Å². The molecule has 1 aromatic heterocycles. The van der Waals surface area contributed by atoms with E-state index in [1.165, 1.54) is 25.3 Å². The summed E-state index contributed by atoms with van der Waals surface area (Å²) >= 11 is 0. The highest BCUT2D eigenvalue weighted by atomic mass is 16.6. The van der Waals surface area contributed by atoms with Crippen LogP contribution in [0.2, 0.25) is 0 Å². The first kappa shape index (κ1) is 11.1. The van der Waals surface area contributed by atoms with Crippen molar-refractivity contribution in [3.63, 3.8) is 0 Å². The summed E-state index contributed by atoms with van der Waals surface area (Å²) in [7, 11) is 0. The molecule has 1 aromatic rings. The third kappa shape index (κ3) is 1.65. The number of nitro groups is 1. The van der Waals surface area contributed by atoms with Gasteiger partial charge in [-0.05, 0) is 12.1 Å². The summed E-state index contributed by atoms with van der Waals surface area (Å²) in [5.41, 5.74) is -2.19. The van der Waals surface area contributed by atoms with E-state index in [-0.39, 0.29) is 12.1 Å². The Morgan fingerprint density at radius 1 is 1.67 bits per heavy atom. The van der Waals surface area contributed by atoms with Gasteiger partial charge in [0.25, 0.3) is 0 Å². The Labute approximate surface area is 85.7 Å². The van der Waals surface area contributed by atoms with E-state index in [4.69, 9.17) is 5.11 Å². The van der Waals surface area contributed by atoms with Gasteiger partial charge in [-0.15, -0.1) is 0 Å². The minimum absolute atomic E-state index is 0.0509. The average molecular weight is 210 g/mol. The number of aliphatic carboxylic acids is 1. The Balaban J connectivity index is 3.35. The van der Waals surface area contributed by atoms with E-state index in [1.54, 1.807) is 6.07 Å². The average Bonchev–Trinajstić information content (AvgIpc) is 2.20. The Kier molecular flexibility index (Phi) is 2.99. The van der Waals surface area contributed by atoms with E-state index in [1.807, 2.05) is 0 Å². The molecule has 15 heavy (non-hydrogen) atoms.